The molecule has 0 aliphatic rings. The average Bonchev–Trinajstić information content (AvgIpc) is 3.94. The lowest BCUT2D eigenvalue weighted by Crippen LogP contribution is -2.14. The maximum absolute atomic E-state index is 7.00. The van der Waals surface area contributed by atoms with Crippen LogP contribution in [-0.2, 0) is 0 Å². The van der Waals surface area contributed by atoms with Gasteiger partial charge in [0.1, 0.15) is 5.58 Å². The fourth-order valence-corrected chi connectivity index (χ4v) is 10.7. The van der Waals surface area contributed by atoms with E-state index in [1.54, 1.807) is 0 Å². The Morgan fingerprint density at radius 2 is 0.848 bits per heavy atom. The van der Waals surface area contributed by atoms with E-state index in [1.165, 1.54) is 59.1 Å². The Morgan fingerprint density at radius 1 is 0.333 bits per heavy atom. The maximum atomic E-state index is 7.00. The van der Waals surface area contributed by atoms with E-state index in [0.717, 1.165) is 61.6 Å². The van der Waals surface area contributed by atoms with E-state index < -0.39 is 0 Å². The van der Waals surface area contributed by atoms with Crippen molar-refractivity contribution in [2.45, 2.75) is 13.8 Å². The molecule has 2 heterocycles. The monoisotopic (exact) mass is 864 g/mol. The standard InChI is InChI=1S/C62H44N2OS/c1-41-15-9-10-20-52(41)55-37-49(30-25-42(55)2)63(47-31-26-45(27-32-47)43-16-5-3-6-17-43)51-39-57-53-21-11-13-23-59(53)65-62(57)58(40-51)64(48-33-28-46(29-34-48)44-18-7-4-8-19-44)50-35-36-61-56(38-50)54-22-12-14-24-60(54)66-61/h3-40H,1-2H3. The molecule has 4 heteroatoms. The molecule has 0 aliphatic carbocycles. The fraction of sp³-hybridized carbons (Fsp3) is 0.0323. The van der Waals surface area contributed by atoms with Crippen molar-refractivity contribution in [1.29, 1.82) is 0 Å². The number of thiophene rings is 1. The molecule has 0 atom stereocenters. The molecule has 0 aliphatic heterocycles. The van der Waals surface area contributed by atoms with Crippen LogP contribution in [0.1, 0.15) is 11.1 Å². The van der Waals surface area contributed by atoms with E-state index in [2.05, 4.69) is 254 Å². The van der Waals surface area contributed by atoms with Crippen LogP contribution in [0.5, 0.6) is 0 Å². The van der Waals surface area contributed by atoms with E-state index in [9.17, 15) is 0 Å². The molecule has 0 N–H and O–H groups in total. The molecule has 0 fully saturated rings. The summed E-state index contributed by atoms with van der Waals surface area (Å²) in [5.74, 6) is 0. The molecule has 0 spiro atoms. The first kappa shape index (κ1) is 39.4. The third-order valence-corrected chi connectivity index (χ3v) is 14.1. The molecule has 10 aromatic carbocycles. The number of rotatable bonds is 9. The summed E-state index contributed by atoms with van der Waals surface area (Å²) < 4.78 is 9.54. The molecule has 0 saturated carbocycles. The van der Waals surface area contributed by atoms with Gasteiger partial charge in [-0.05, 0) is 137 Å². The van der Waals surface area contributed by atoms with Crippen LogP contribution in [0.25, 0.3) is 75.5 Å². The van der Waals surface area contributed by atoms with Crippen molar-refractivity contribution in [3.63, 3.8) is 0 Å². The molecule has 0 amide bonds. The molecule has 3 nitrogen and oxygen atoms in total. The largest absolute Gasteiger partial charge is 0.454 e. The first-order valence-corrected chi connectivity index (χ1v) is 23.3. The lowest BCUT2D eigenvalue weighted by Gasteiger charge is -2.30. The van der Waals surface area contributed by atoms with Crippen LogP contribution >= 0.6 is 11.3 Å². The third kappa shape index (κ3) is 7.00. The number of anilines is 6. The van der Waals surface area contributed by atoms with Crippen LogP contribution in [0.15, 0.2) is 235 Å². The number of aryl methyl sites for hydroxylation is 2. The number of para-hydroxylation sites is 1. The highest BCUT2D eigenvalue weighted by Gasteiger charge is 2.25. The zero-order valence-electron chi connectivity index (χ0n) is 36.7. The van der Waals surface area contributed by atoms with Gasteiger partial charge in [-0.15, -0.1) is 11.3 Å². The van der Waals surface area contributed by atoms with Crippen molar-refractivity contribution in [3.8, 4) is 33.4 Å². The van der Waals surface area contributed by atoms with Crippen molar-refractivity contribution in [3.05, 3.63) is 242 Å². The first-order valence-electron chi connectivity index (χ1n) is 22.5. The van der Waals surface area contributed by atoms with Crippen LogP contribution in [-0.4, -0.2) is 0 Å². The van der Waals surface area contributed by atoms with Crippen molar-refractivity contribution >= 4 is 87.6 Å². The molecule has 12 aromatic rings. The van der Waals surface area contributed by atoms with Crippen molar-refractivity contribution < 1.29 is 4.42 Å². The molecule has 66 heavy (non-hydrogen) atoms. The third-order valence-electron chi connectivity index (χ3n) is 12.9. The van der Waals surface area contributed by atoms with Gasteiger partial charge in [0.2, 0.25) is 0 Å². The van der Waals surface area contributed by atoms with Gasteiger partial charge in [-0.2, -0.15) is 0 Å². The van der Waals surface area contributed by atoms with Crippen molar-refractivity contribution in [1.82, 2.24) is 0 Å². The molecular formula is C62H44N2OS. The van der Waals surface area contributed by atoms with Gasteiger partial charge in [-0.25, -0.2) is 0 Å². The Kier molecular flexibility index (Phi) is 9.81. The second-order valence-electron chi connectivity index (χ2n) is 17.0. The van der Waals surface area contributed by atoms with Gasteiger partial charge < -0.3 is 14.2 Å². The summed E-state index contributed by atoms with van der Waals surface area (Å²) in [5, 5.41) is 4.61. The SMILES string of the molecule is Cc1ccccc1-c1cc(N(c2ccc(-c3ccccc3)cc2)c2cc(N(c3ccc(-c4ccccc4)cc3)c3ccc4sc5ccccc5c4c3)c3oc4ccccc4c3c2)ccc1C. The Balaban J connectivity index is 1.12. The minimum atomic E-state index is 0.825. The Morgan fingerprint density at radius 3 is 1.56 bits per heavy atom. The number of fused-ring (bicyclic) bond motifs is 6. The predicted octanol–water partition coefficient (Wildman–Crippen LogP) is 18.5. The van der Waals surface area contributed by atoms with E-state index in [4.69, 9.17) is 4.42 Å². The molecule has 0 radical (unpaired) electrons. The number of benzene rings is 10. The van der Waals surface area contributed by atoms with E-state index in [1.807, 2.05) is 11.3 Å². The number of nitrogens with zero attached hydrogens (tertiary/aromatic N) is 2. The molecule has 314 valence electrons. The maximum Gasteiger partial charge on any atom is 0.159 e. The number of hydrogen-bond donors (Lipinski definition) is 0. The van der Waals surface area contributed by atoms with Gasteiger partial charge in [0.25, 0.3) is 0 Å². The summed E-state index contributed by atoms with van der Waals surface area (Å²) >= 11 is 1.84. The molecule has 0 unspecified atom stereocenters. The van der Waals surface area contributed by atoms with Crippen LogP contribution in [0.2, 0.25) is 0 Å². The summed E-state index contributed by atoms with van der Waals surface area (Å²) in [6.07, 6.45) is 0. The Bertz CT molecular complexity index is 3720. The molecule has 0 saturated heterocycles. The molecule has 2 aromatic heterocycles. The molecular weight excluding hydrogens is 821 g/mol. The summed E-state index contributed by atoms with van der Waals surface area (Å²) in [4.78, 5) is 4.80. The fourth-order valence-electron chi connectivity index (χ4n) is 9.60. The molecule has 0 bridgehead atoms. The average molecular weight is 865 g/mol. The lowest BCUT2D eigenvalue weighted by atomic mass is 9.95. The van der Waals surface area contributed by atoms with Gasteiger partial charge in [-0.3, -0.25) is 0 Å². The molecule has 12 rings (SSSR count). The second-order valence-corrected chi connectivity index (χ2v) is 18.1. The summed E-state index contributed by atoms with van der Waals surface area (Å²) in [5.41, 5.74) is 17.4. The van der Waals surface area contributed by atoms with Crippen LogP contribution < -0.4 is 9.80 Å². The zero-order valence-corrected chi connectivity index (χ0v) is 37.5. The number of hydrogen-bond acceptors (Lipinski definition) is 4. The van der Waals surface area contributed by atoms with Gasteiger partial charge in [0.15, 0.2) is 5.58 Å². The van der Waals surface area contributed by atoms with E-state index >= 15 is 0 Å². The van der Waals surface area contributed by atoms with Gasteiger partial charge in [0, 0.05) is 59.4 Å². The zero-order chi connectivity index (χ0) is 44.1. The number of furan rings is 1. The highest BCUT2D eigenvalue weighted by molar-refractivity contribution is 7.25. The van der Waals surface area contributed by atoms with Crippen LogP contribution in [0.4, 0.5) is 34.1 Å². The Hall–Kier alpha value is -8.18. The highest BCUT2D eigenvalue weighted by Crippen LogP contribution is 2.49. The van der Waals surface area contributed by atoms with Crippen molar-refractivity contribution in [2.75, 3.05) is 9.80 Å². The van der Waals surface area contributed by atoms with Crippen molar-refractivity contribution in [2.24, 2.45) is 0 Å². The van der Waals surface area contributed by atoms with Crippen LogP contribution in [0, 0.1) is 13.8 Å². The predicted molar refractivity (Wildman–Crippen MR) is 282 cm³/mol. The van der Waals surface area contributed by atoms with Gasteiger partial charge >= 0.3 is 0 Å². The first-order chi connectivity index (χ1) is 32.5. The van der Waals surface area contributed by atoms with Gasteiger partial charge in [0.05, 0.1) is 5.69 Å². The summed E-state index contributed by atoms with van der Waals surface area (Å²) in [6.45, 7) is 4.41. The van der Waals surface area contributed by atoms with Crippen LogP contribution in [0.3, 0.4) is 0 Å². The topological polar surface area (TPSA) is 19.6 Å². The quantitative estimate of drug-likeness (QED) is 0.144. The van der Waals surface area contributed by atoms with E-state index in [0.29, 0.717) is 0 Å². The second kappa shape index (κ2) is 16.4. The minimum Gasteiger partial charge on any atom is -0.454 e. The minimum absolute atomic E-state index is 0.825. The lowest BCUT2D eigenvalue weighted by molar-refractivity contribution is 0.669. The normalized spacial score (nSPS) is 11.5. The van der Waals surface area contributed by atoms with Gasteiger partial charge in [-0.1, -0.05) is 152 Å². The summed E-state index contributed by atoms with van der Waals surface area (Å²) in [7, 11) is 0. The highest BCUT2D eigenvalue weighted by atomic mass is 32.1. The van der Waals surface area contributed by atoms with E-state index in [-0.39, 0.29) is 0 Å². The summed E-state index contributed by atoms with van der Waals surface area (Å²) in [6, 6.07) is 83.4. The smallest absolute Gasteiger partial charge is 0.159 e. The Labute approximate surface area is 388 Å².